The van der Waals surface area contributed by atoms with Crippen molar-refractivity contribution in [2.45, 2.75) is 15.4 Å². The van der Waals surface area contributed by atoms with Gasteiger partial charge in [0.1, 0.15) is 16.5 Å². The van der Waals surface area contributed by atoms with Gasteiger partial charge in [-0.2, -0.15) is 17.5 Å². The molecule has 1 aromatic heterocycles. The molecular formula is C17H14F5N3O5S2. The highest BCUT2D eigenvalue weighted by Crippen LogP contribution is 2.31. The minimum absolute atomic E-state index is 0.318. The summed E-state index contributed by atoms with van der Waals surface area (Å²) in [6.45, 7) is -1.35. The molecular weight excluding hydrogens is 485 g/mol. The van der Waals surface area contributed by atoms with E-state index in [4.69, 9.17) is 0 Å². The molecule has 0 aliphatic carbocycles. The lowest BCUT2D eigenvalue weighted by atomic mass is 10.2. The Kier molecular flexibility index (Phi) is 6.27. The molecule has 2 aromatic rings. The second-order valence-corrected chi connectivity index (χ2v) is 10.3. The Morgan fingerprint density at radius 1 is 0.969 bits per heavy atom. The largest absolute Gasteiger partial charge is 0.503 e. The second-order valence-electron chi connectivity index (χ2n) is 6.58. The quantitative estimate of drug-likeness (QED) is 0.595. The SMILES string of the molecule is O=C(c1cccnc1S(=O)(=O)C(F)(F)F)N1CCN(S(=O)(=O)c2ccc(F)cc2F)CC1. The number of piperazine rings is 1. The number of carbonyl (C=O) groups excluding carboxylic acids is 1. The summed E-state index contributed by atoms with van der Waals surface area (Å²) in [5.41, 5.74) is -6.49. The van der Waals surface area contributed by atoms with Crippen molar-refractivity contribution in [3.8, 4) is 0 Å². The van der Waals surface area contributed by atoms with Crippen LogP contribution in [0.3, 0.4) is 0 Å². The molecule has 0 unspecified atom stereocenters. The molecule has 0 radical (unpaired) electrons. The van der Waals surface area contributed by atoms with Gasteiger partial charge in [-0.1, -0.05) is 0 Å². The molecule has 1 amide bonds. The molecule has 8 nitrogen and oxygen atoms in total. The highest BCUT2D eigenvalue weighted by molar-refractivity contribution is 7.92. The maximum atomic E-state index is 13.9. The summed E-state index contributed by atoms with van der Waals surface area (Å²) >= 11 is 0. The number of halogens is 5. The van der Waals surface area contributed by atoms with Crippen LogP contribution >= 0.6 is 0 Å². The van der Waals surface area contributed by atoms with E-state index in [0.29, 0.717) is 6.07 Å². The van der Waals surface area contributed by atoms with Gasteiger partial charge in [-0.05, 0) is 24.3 Å². The van der Waals surface area contributed by atoms with E-state index in [0.717, 1.165) is 39.7 Å². The Morgan fingerprint density at radius 3 is 2.16 bits per heavy atom. The molecule has 0 N–H and O–H groups in total. The number of sulfonamides is 1. The van der Waals surface area contributed by atoms with E-state index in [2.05, 4.69) is 4.98 Å². The second kappa shape index (κ2) is 8.37. The van der Waals surface area contributed by atoms with Crippen molar-refractivity contribution in [2.24, 2.45) is 0 Å². The van der Waals surface area contributed by atoms with E-state index >= 15 is 0 Å². The molecule has 1 aliphatic rings. The molecule has 1 saturated heterocycles. The van der Waals surface area contributed by atoms with Gasteiger partial charge in [-0.3, -0.25) is 4.79 Å². The van der Waals surface area contributed by atoms with Crippen molar-refractivity contribution >= 4 is 25.8 Å². The summed E-state index contributed by atoms with van der Waals surface area (Å²) < 4.78 is 115. The van der Waals surface area contributed by atoms with Crippen molar-refractivity contribution < 1.29 is 43.6 Å². The van der Waals surface area contributed by atoms with Crippen LogP contribution in [0.4, 0.5) is 22.0 Å². The van der Waals surface area contributed by atoms with Gasteiger partial charge in [-0.15, -0.1) is 0 Å². The van der Waals surface area contributed by atoms with E-state index in [-0.39, 0.29) is 26.2 Å². The van der Waals surface area contributed by atoms with Crippen molar-refractivity contribution in [3.05, 3.63) is 53.7 Å². The number of sulfone groups is 1. The number of hydrogen-bond acceptors (Lipinski definition) is 6. The predicted molar refractivity (Wildman–Crippen MR) is 98.5 cm³/mol. The predicted octanol–water partition coefficient (Wildman–Crippen LogP) is 1.80. The number of pyridine rings is 1. The highest BCUT2D eigenvalue weighted by Gasteiger charge is 2.50. The molecule has 0 atom stereocenters. The highest BCUT2D eigenvalue weighted by atomic mass is 32.2. The minimum atomic E-state index is -5.91. The topological polar surface area (TPSA) is 105 Å². The molecule has 0 saturated carbocycles. The maximum Gasteiger partial charge on any atom is 0.503 e. The van der Waals surface area contributed by atoms with Gasteiger partial charge < -0.3 is 4.90 Å². The van der Waals surface area contributed by atoms with Crippen LogP contribution in [0.25, 0.3) is 0 Å². The van der Waals surface area contributed by atoms with E-state index < -0.39 is 58.4 Å². The van der Waals surface area contributed by atoms with Crippen LogP contribution in [0, 0.1) is 11.6 Å². The summed E-state index contributed by atoms with van der Waals surface area (Å²) in [5.74, 6) is -3.37. The van der Waals surface area contributed by atoms with Gasteiger partial charge in [0.05, 0.1) is 5.56 Å². The zero-order valence-electron chi connectivity index (χ0n) is 15.9. The summed E-state index contributed by atoms with van der Waals surface area (Å²) in [5, 5.41) is -1.46. The smallest absolute Gasteiger partial charge is 0.336 e. The van der Waals surface area contributed by atoms with Gasteiger partial charge >= 0.3 is 5.51 Å². The lowest BCUT2D eigenvalue weighted by molar-refractivity contribution is -0.0438. The van der Waals surface area contributed by atoms with Gasteiger partial charge in [0, 0.05) is 38.4 Å². The van der Waals surface area contributed by atoms with Gasteiger partial charge in [-0.25, -0.2) is 30.6 Å². The number of rotatable bonds is 4. The third-order valence-electron chi connectivity index (χ3n) is 4.60. The Hall–Kier alpha value is -2.65. The number of benzene rings is 1. The van der Waals surface area contributed by atoms with E-state index in [1.165, 1.54) is 0 Å². The summed E-state index contributed by atoms with van der Waals surface area (Å²) in [6, 6.07) is 3.87. The van der Waals surface area contributed by atoms with Gasteiger partial charge in [0.2, 0.25) is 10.0 Å². The lowest BCUT2D eigenvalue weighted by Gasteiger charge is -2.34. The standard InChI is InChI=1S/C17H14F5N3O5S2/c18-11-3-4-14(13(19)10-11)32(29,30)25-8-6-24(7-9-25)16(26)12-2-1-5-23-15(12)31(27,28)17(20,21)22/h1-5,10H,6-9H2. The summed E-state index contributed by atoms with van der Waals surface area (Å²) in [7, 11) is -10.3. The number of hydrogen-bond donors (Lipinski definition) is 0. The van der Waals surface area contributed by atoms with Crippen molar-refractivity contribution in [2.75, 3.05) is 26.2 Å². The first kappa shape index (κ1) is 24.0. The first-order valence-corrected chi connectivity index (χ1v) is 11.7. The molecule has 1 fully saturated rings. The Morgan fingerprint density at radius 2 is 1.59 bits per heavy atom. The van der Waals surface area contributed by atoms with Crippen molar-refractivity contribution in [1.29, 1.82) is 0 Å². The maximum absolute atomic E-state index is 13.9. The average Bonchev–Trinajstić information content (AvgIpc) is 2.72. The van der Waals surface area contributed by atoms with E-state index in [1.54, 1.807) is 0 Å². The fraction of sp³-hybridized carbons (Fsp3) is 0.294. The van der Waals surface area contributed by atoms with Crippen molar-refractivity contribution in [3.63, 3.8) is 0 Å². The third-order valence-corrected chi connectivity index (χ3v) is 7.97. The zero-order chi connectivity index (χ0) is 23.9. The van der Waals surface area contributed by atoms with Crippen LogP contribution in [0.1, 0.15) is 10.4 Å². The molecule has 15 heteroatoms. The first-order chi connectivity index (χ1) is 14.8. The molecule has 2 heterocycles. The number of alkyl halides is 3. The number of carbonyl (C=O) groups is 1. The number of amides is 1. The number of nitrogens with zero attached hydrogens (tertiary/aromatic N) is 3. The van der Waals surface area contributed by atoms with Crippen molar-refractivity contribution in [1.82, 2.24) is 14.2 Å². The monoisotopic (exact) mass is 499 g/mol. The van der Waals surface area contributed by atoms with Crippen LogP contribution < -0.4 is 0 Å². The first-order valence-electron chi connectivity index (χ1n) is 8.77. The fourth-order valence-corrected chi connectivity index (χ4v) is 5.33. The Balaban J connectivity index is 1.82. The van der Waals surface area contributed by atoms with E-state index in [1.807, 2.05) is 0 Å². The average molecular weight is 499 g/mol. The zero-order valence-corrected chi connectivity index (χ0v) is 17.5. The lowest BCUT2D eigenvalue weighted by Crippen LogP contribution is -2.50. The molecule has 1 aromatic carbocycles. The van der Waals surface area contributed by atoms with Crippen LogP contribution in [0.5, 0.6) is 0 Å². The Labute approximate surface area is 179 Å². The normalized spacial score (nSPS) is 16.2. The van der Waals surface area contributed by atoms with Crippen LogP contribution in [0.2, 0.25) is 0 Å². The van der Waals surface area contributed by atoms with Gasteiger partial charge in [0.15, 0.2) is 5.03 Å². The fourth-order valence-electron chi connectivity index (χ4n) is 3.00. The Bertz CT molecular complexity index is 1260. The third kappa shape index (κ3) is 4.31. The van der Waals surface area contributed by atoms with Gasteiger partial charge in [0.25, 0.3) is 15.7 Å². The van der Waals surface area contributed by atoms with Crippen LogP contribution in [-0.4, -0.2) is 68.6 Å². The molecule has 0 bridgehead atoms. The summed E-state index contributed by atoms with van der Waals surface area (Å²) in [6.07, 6.45) is 0.789. The molecule has 3 rings (SSSR count). The van der Waals surface area contributed by atoms with Crippen LogP contribution in [-0.2, 0) is 19.9 Å². The van der Waals surface area contributed by atoms with Crippen LogP contribution in [0.15, 0.2) is 46.5 Å². The molecule has 0 spiro atoms. The molecule has 174 valence electrons. The minimum Gasteiger partial charge on any atom is -0.336 e. The van der Waals surface area contributed by atoms with E-state index in [9.17, 15) is 43.6 Å². The molecule has 32 heavy (non-hydrogen) atoms. The molecule has 1 aliphatic heterocycles. The summed E-state index contributed by atoms with van der Waals surface area (Å²) in [4.78, 5) is 16.1. The number of aromatic nitrogens is 1.